The predicted octanol–water partition coefficient (Wildman–Crippen LogP) is 3.02. The molecule has 0 aliphatic heterocycles. The average molecular weight is 245 g/mol. The third-order valence-electron chi connectivity index (χ3n) is 3.50. The summed E-state index contributed by atoms with van der Waals surface area (Å²) in [6.45, 7) is 7.84. The molecule has 0 amide bonds. The molecule has 1 aromatic carbocycles. The first kappa shape index (κ1) is 13.0. The van der Waals surface area contributed by atoms with Crippen molar-refractivity contribution in [2.45, 2.75) is 26.7 Å². The quantitative estimate of drug-likeness (QED) is 0.768. The summed E-state index contributed by atoms with van der Waals surface area (Å²) >= 11 is 0. The lowest BCUT2D eigenvalue weighted by Crippen LogP contribution is -2.26. The van der Waals surface area contributed by atoms with Crippen LogP contribution in [0.1, 0.15) is 25.8 Å². The Morgan fingerprint density at radius 3 is 2.78 bits per heavy atom. The molecule has 0 unspecified atom stereocenters. The van der Waals surface area contributed by atoms with Gasteiger partial charge in [0.15, 0.2) is 0 Å². The van der Waals surface area contributed by atoms with Crippen LogP contribution >= 0.6 is 0 Å². The van der Waals surface area contributed by atoms with Gasteiger partial charge in [-0.3, -0.25) is 0 Å². The maximum atomic E-state index is 6.07. The minimum Gasteiger partial charge on any atom is -0.398 e. The molecule has 0 saturated heterocycles. The molecule has 3 nitrogen and oxygen atoms in total. The highest BCUT2D eigenvalue weighted by Crippen LogP contribution is 2.24. The molecule has 0 aliphatic rings. The van der Waals surface area contributed by atoms with E-state index in [9.17, 15) is 0 Å². The second-order valence-corrected chi connectivity index (χ2v) is 4.77. The van der Waals surface area contributed by atoms with E-state index in [1.807, 2.05) is 12.1 Å². The Labute approximate surface area is 109 Å². The van der Waals surface area contributed by atoms with Crippen LogP contribution < -0.4 is 5.73 Å². The topological polar surface area (TPSA) is 45.0 Å². The summed E-state index contributed by atoms with van der Waals surface area (Å²) in [7, 11) is 0. The zero-order valence-corrected chi connectivity index (χ0v) is 11.4. The third-order valence-corrected chi connectivity index (χ3v) is 3.50. The van der Waals surface area contributed by atoms with Crippen molar-refractivity contribution >= 4 is 16.6 Å². The van der Waals surface area contributed by atoms with Gasteiger partial charge in [0.2, 0.25) is 0 Å². The molecule has 2 aromatic rings. The van der Waals surface area contributed by atoms with Gasteiger partial charge in [0, 0.05) is 29.3 Å². The standard InChI is InChI=1S/C15H23N3/c1-3-9-18(4-2)10-8-12-11-17-14-7-5-6-13(16)15(12)14/h5-7,11,17H,3-4,8-10,16H2,1-2H3. The largest absolute Gasteiger partial charge is 0.398 e. The molecule has 2 rings (SSSR count). The smallest absolute Gasteiger partial charge is 0.0477 e. The van der Waals surface area contributed by atoms with Crippen molar-refractivity contribution in [1.82, 2.24) is 9.88 Å². The number of nitrogens with zero attached hydrogens (tertiary/aromatic N) is 1. The Morgan fingerprint density at radius 2 is 2.06 bits per heavy atom. The van der Waals surface area contributed by atoms with Crippen molar-refractivity contribution in [3.05, 3.63) is 30.0 Å². The summed E-state index contributed by atoms with van der Waals surface area (Å²) in [6.07, 6.45) is 4.37. The molecule has 0 bridgehead atoms. The Morgan fingerprint density at radius 1 is 1.22 bits per heavy atom. The first-order valence-corrected chi connectivity index (χ1v) is 6.83. The summed E-state index contributed by atoms with van der Waals surface area (Å²) < 4.78 is 0. The van der Waals surface area contributed by atoms with E-state index < -0.39 is 0 Å². The van der Waals surface area contributed by atoms with Gasteiger partial charge in [-0.25, -0.2) is 0 Å². The number of nitrogens with one attached hydrogen (secondary N) is 1. The van der Waals surface area contributed by atoms with Crippen molar-refractivity contribution in [3.8, 4) is 0 Å². The fourth-order valence-electron chi connectivity index (χ4n) is 2.51. The summed E-state index contributed by atoms with van der Waals surface area (Å²) in [5, 5.41) is 1.20. The van der Waals surface area contributed by atoms with Crippen LogP contribution in [0.25, 0.3) is 10.9 Å². The number of aromatic nitrogens is 1. The molecule has 0 spiro atoms. The SMILES string of the molecule is CCCN(CC)CCc1c[nH]c2cccc(N)c12. The van der Waals surface area contributed by atoms with Gasteiger partial charge in [-0.05, 0) is 43.6 Å². The highest BCUT2D eigenvalue weighted by molar-refractivity contribution is 5.93. The predicted molar refractivity (Wildman–Crippen MR) is 78.8 cm³/mol. The van der Waals surface area contributed by atoms with Crippen LogP contribution in [0, 0.1) is 0 Å². The van der Waals surface area contributed by atoms with E-state index in [1.54, 1.807) is 0 Å². The van der Waals surface area contributed by atoms with E-state index in [0.717, 1.165) is 30.7 Å². The number of H-pyrrole nitrogens is 1. The molecule has 0 atom stereocenters. The number of nitrogens with two attached hydrogens (primary N) is 1. The number of anilines is 1. The Kier molecular flexibility index (Phi) is 4.26. The number of benzene rings is 1. The molecule has 3 heteroatoms. The molecule has 0 saturated carbocycles. The van der Waals surface area contributed by atoms with Crippen molar-refractivity contribution in [2.24, 2.45) is 0 Å². The van der Waals surface area contributed by atoms with Crippen molar-refractivity contribution in [2.75, 3.05) is 25.4 Å². The maximum absolute atomic E-state index is 6.07. The third kappa shape index (κ3) is 2.67. The molecule has 3 N–H and O–H groups in total. The Balaban J connectivity index is 2.12. The van der Waals surface area contributed by atoms with Gasteiger partial charge < -0.3 is 15.6 Å². The van der Waals surface area contributed by atoms with Gasteiger partial charge in [0.05, 0.1) is 0 Å². The van der Waals surface area contributed by atoms with Crippen LogP contribution in [-0.4, -0.2) is 29.5 Å². The minimum atomic E-state index is 0.877. The molecule has 1 aromatic heterocycles. The fraction of sp³-hybridized carbons (Fsp3) is 0.467. The van der Waals surface area contributed by atoms with Gasteiger partial charge >= 0.3 is 0 Å². The van der Waals surface area contributed by atoms with Crippen LogP contribution in [-0.2, 0) is 6.42 Å². The molecule has 0 fully saturated rings. The lowest BCUT2D eigenvalue weighted by atomic mass is 10.1. The van der Waals surface area contributed by atoms with E-state index in [1.165, 1.54) is 23.9 Å². The van der Waals surface area contributed by atoms with Crippen LogP contribution in [0.3, 0.4) is 0 Å². The number of nitrogen functional groups attached to an aromatic ring is 1. The van der Waals surface area contributed by atoms with Crippen molar-refractivity contribution in [3.63, 3.8) is 0 Å². The first-order chi connectivity index (χ1) is 8.76. The van der Waals surface area contributed by atoms with Crippen LogP contribution in [0.2, 0.25) is 0 Å². The molecular formula is C15H23N3. The van der Waals surface area contributed by atoms with Crippen molar-refractivity contribution in [1.29, 1.82) is 0 Å². The summed E-state index contributed by atoms with van der Waals surface area (Å²) in [4.78, 5) is 5.79. The molecule has 98 valence electrons. The second kappa shape index (κ2) is 5.91. The normalized spacial score (nSPS) is 11.5. The monoisotopic (exact) mass is 245 g/mol. The number of likely N-dealkylation sites (N-methyl/N-ethyl adjacent to an activating group) is 1. The minimum absolute atomic E-state index is 0.877. The molecule has 0 radical (unpaired) electrons. The lowest BCUT2D eigenvalue weighted by molar-refractivity contribution is 0.293. The summed E-state index contributed by atoms with van der Waals surface area (Å²) in [5.74, 6) is 0. The van der Waals surface area contributed by atoms with E-state index in [-0.39, 0.29) is 0 Å². The molecular weight excluding hydrogens is 222 g/mol. The molecule has 18 heavy (non-hydrogen) atoms. The van der Waals surface area contributed by atoms with Gasteiger partial charge in [-0.2, -0.15) is 0 Å². The highest BCUT2D eigenvalue weighted by atomic mass is 15.1. The second-order valence-electron chi connectivity index (χ2n) is 4.77. The van der Waals surface area contributed by atoms with E-state index in [0.29, 0.717) is 0 Å². The van der Waals surface area contributed by atoms with Crippen LogP contribution in [0.15, 0.2) is 24.4 Å². The number of rotatable bonds is 6. The van der Waals surface area contributed by atoms with E-state index in [4.69, 9.17) is 5.73 Å². The van der Waals surface area contributed by atoms with Crippen molar-refractivity contribution < 1.29 is 0 Å². The molecule has 1 heterocycles. The highest BCUT2D eigenvalue weighted by Gasteiger charge is 2.08. The number of aromatic amines is 1. The van der Waals surface area contributed by atoms with E-state index in [2.05, 4.69) is 36.0 Å². The first-order valence-electron chi connectivity index (χ1n) is 6.83. The maximum Gasteiger partial charge on any atom is 0.0477 e. The zero-order chi connectivity index (χ0) is 13.0. The zero-order valence-electron chi connectivity index (χ0n) is 11.4. The van der Waals surface area contributed by atoms with Gasteiger partial charge in [0.1, 0.15) is 0 Å². The fourth-order valence-corrected chi connectivity index (χ4v) is 2.51. The lowest BCUT2D eigenvalue weighted by Gasteiger charge is -2.19. The number of hydrogen-bond acceptors (Lipinski definition) is 2. The number of hydrogen-bond donors (Lipinski definition) is 2. The summed E-state index contributed by atoms with van der Waals surface area (Å²) in [6, 6.07) is 6.05. The van der Waals surface area contributed by atoms with Crippen LogP contribution in [0.5, 0.6) is 0 Å². The molecule has 0 aliphatic carbocycles. The Hall–Kier alpha value is -1.48. The van der Waals surface area contributed by atoms with E-state index >= 15 is 0 Å². The average Bonchev–Trinajstić information content (AvgIpc) is 2.79. The Bertz CT molecular complexity index is 501. The summed E-state index contributed by atoms with van der Waals surface area (Å²) in [5.41, 5.74) is 9.42. The van der Waals surface area contributed by atoms with Gasteiger partial charge in [-0.1, -0.05) is 19.9 Å². The van der Waals surface area contributed by atoms with Crippen LogP contribution in [0.4, 0.5) is 5.69 Å². The number of fused-ring (bicyclic) bond motifs is 1. The van der Waals surface area contributed by atoms with Gasteiger partial charge in [0.25, 0.3) is 0 Å². The van der Waals surface area contributed by atoms with Gasteiger partial charge in [-0.15, -0.1) is 0 Å².